The van der Waals surface area contributed by atoms with Crippen LogP contribution in [0.15, 0.2) is 0 Å². The lowest BCUT2D eigenvalue weighted by Crippen LogP contribution is -2.61. The third-order valence-corrected chi connectivity index (χ3v) is 6.81. The first kappa shape index (κ1) is 13.8. The van der Waals surface area contributed by atoms with Gasteiger partial charge in [-0.15, -0.1) is 0 Å². The number of hydrogen-bond donors (Lipinski definition) is 1. The maximum absolute atomic E-state index is 14.8. The van der Waals surface area contributed by atoms with Crippen molar-refractivity contribution in [3.63, 3.8) is 0 Å². The Morgan fingerprint density at radius 2 is 1.68 bits per heavy atom. The molecule has 0 amide bonds. The van der Waals surface area contributed by atoms with Crippen molar-refractivity contribution in [2.24, 2.45) is 29.1 Å². The third-order valence-electron chi connectivity index (χ3n) is 6.81. The third kappa shape index (κ3) is 1.88. The Morgan fingerprint density at radius 1 is 1.21 bits per heavy atom. The van der Waals surface area contributed by atoms with Crippen LogP contribution in [-0.4, -0.2) is 17.0 Å². The zero-order chi connectivity index (χ0) is 13.8. The fraction of sp³-hybridized carbons (Fsp3) is 1.00. The first-order valence-electron chi connectivity index (χ1n) is 7.91. The van der Waals surface area contributed by atoms with Gasteiger partial charge in [0, 0.05) is 5.41 Å². The van der Waals surface area contributed by atoms with Crippen molar-refractivity contribution in [1.29, 1.82) is 0 Å². The molecule has 4 aliphatic carbocycles. The molecule has 4 saturated carbocycles. The van der Waals surface area contributed by atoms with Crippen molar-refractivity contribution in [2.45, 2.75) is 71.1 Å². The molecule has 0 aromatic carbocycles. The van der Waals surface area contributed by atoms with Crippen LogP contribution < -0.4 is 0 Å². The van der Waals surface area contributed by atoms with Crippen molar-refractivity contribution in [3.05, 3.63) is 0 Å². The van der Waals surface area contributed by atoms with Gasteiger partial charge < -0.3 is 0 Å². The summed E-state index contributed by atoms with van der Waals surface area (Å²) in [7, 11) is 0. The Labute approximate surface area is 115 Å². The Balaban J connectivity index is 1.93. The molecule has 4 fully saturated rings. The molecule has 0 radical (unpaired) electrons. The molecule has 1 N–H and O–H groups in total. The van der Waals surface area contributed by atoms with E-state index < -0.39 is 11.8 Å². The van der Waals surface area contributed by atoms with Gasteiger partial charge in [0.1, 0.15) is 11.8 Å². The van der Waals surface area contributed by atoms with Gasteiger partial charge in [0.05, 0.1) is 0 Å². The van der Waals surface area contributed by atoms with Crippen molar-refractivity contribution in [1.82, 2.24) is 0 Å². The smallest absolute Gasteiger partial charge is 0.137 e. The highest BCUT2D eigenvalue weighted by molar-refractivity contribution is 5.10. The van der Waals surface area contributed by atoms with Gasteiger partial charge in [-0.3, -0.25) is 5.26 Å². The summed E-state index contributed by atoms with van der Waals surface area (Å²) in [6.07, 6.45) is 5.94. The molecule has 4 aliphatic rings. The molecular formula is C16H27FO2. The Hall–Kier alpha value is -0.150. The van der Waals surface area contributed by atoms with Gasteiger partial charge in [0.2, 0.25) is 0 Å². The molecule has 2 nitrogen and oxygen atoms in total. The number of halogens is 1. The zero-order valence-electron chi connectivity index (χ0n) is 12.4. The lowest BCUT2D eigenvalue weighted by atomic mass is 9.43. The molecule has 2 atom stereocenters. The highest BCUT2D eigenvalue weighted by Gasteiger charge is 2.62. The van der Waals surface area contributed by atoms with Crippen LogP contribution in [0.25, 0.3) is 0 Å². The van der Waals surface area contributed by atoms with Crippen LogP contribution >= 0.6 is 0 Å². The van der Waals surface area contributed by atoms with Crippen LogP contribution in [0.2, 0.25) is 0 Å². The van der Waals surface area contributed by atoms with Gasteiger partial charge >= 0.3 is 0 Å². The van der Waals surface area contributed by atoms with E-state index in [1.807, 2.05) is 6.92 Å². The molecule has 110 valence electrons. The predicted octanol–water partition coefficient (Wildman–Crippen LogP) is 4.45. The molecule has 0 aromatic rings. The quantitative estimate of drug-likeness (QED) is 0.604. The fourth-order valence-corrected chi connectivity index (χ4v) is 5.69. The molecule has 0 heterocycles. The lowest BCUT2D eigenvalue weighted by Gasteiger charge is -2.63. The van der Waals surface area contributed by atoms with Gasteiger partial charge in [-0.25, -0.2) is 9.28 Å². The monoisotopic (exact) mass is 270 g/mol. The Morgan fingerprint density at radius 3 is 2.05 bits per heavy atom. The summed E-state index contributed by atoms with van der Waals surface area (Å²) in [4.78, 5) is 4.76. The second kappa shape index (κ2) is 4.42. The largest absolute Gasteiger partial charge is 0.251 e. The van der Waals surface area contributed by atoms with Crippen LogP contribution in [0.4, 0.5) is 4.39 Å². The summed E-state index contributed by atoms with van der Waals surface area (Å²) in [5.41, 5.74) is -1.64. The van der Waals surface area contributed by atoms with Crippen LogP contribution in [-0.2, 0) is 4.89 Å². The van der Waals surface area contributed by atoms with Gasteiger partial charge in [-0.2, -0.15) is 0 Å². The van der Waals surface area contributed by atoms with Crippen LogP contribution in [0, 0.1) is 29.1 Å². The molecule has 19 heavy (non-hydrogen) atoms. The average Bonchev–Trinajstić information content (AvgIpc) is 2.36. The number of alkyl halides is 1. The molecule has 0 aliphatic heterocycles. The Bertz CT molecular complexity index is 325. The van der Waals surface area contributed by atoms with E-state index in [1.54, 1.807) is 6.92 Å². The maximum Gasteiger partial charge on any atom is 0.137 e. The van der Waals surface area contributed by atoms with Crippen LogP contribution in [0.1, 0.15) is 59.3 Å². The summed E-state index contributed by atoms with van der Waals surface area (Å²) < 4.78 is 14.8. The molecule has 3 heteroatoms. The summed E-state index contributed by atoms with van der Waals surface area (Å²) >= 11 is 0. The topological polar surface area (TPSA) is 29.5 Å². The molecular weight excluding hydrogens is 243 g/mol. The molecule has 4 rings (SSSR count). The highest BCUT2D eigenvalue weighted by atomic mass is 19.1. The maximum atomic E-state index is 14.8. The molecule has 2 unspecified atom stereocenters. The van der Waals surface area contributed by atoms with Crippen molar-refractivity contribution in [3.8, 4) is 0 Å². The minimum atomic E-state index is -1.45. The van der Waals surface area contributed by atoms with Gasteiger partial charge in [0.25, 0.3) is 0 Å². The van der Waals surface area contributed by atoms with Gasteiger partial charge in [0.15, 0.2) is 0 Å². The van der Waals surface area contributed by atoms with E-state index >= 15 is 0 Å². The van der Waals surface area contributed by atoms with E-state index in [0.717, 1.165) is 11.8 Å². The fourth-order valence-electron chi connectivity index (χ4n) is 5.69. The van der Waals surface area contributed by atoms with Crippen molar-refractivity contribution >= 4 is 0 Å². The van der Waals surface area contributed by atoms with E-state index in [-0.39, 0.29) is 5.41 Å². The molecule has 0 spiro atoms. The summed E-state index contributed by atoms with van der Waals surface area (Å²) in [5, 5.41) is 9.40. The average molecular weight is 270 g/mol. The highest BCUT2D eigenvalue weighted by Crippen LogP contribution is 2.65. The van der Waals surface area contributed by atoms with Gasteiger partial charge in [-0.1, -0.05) is 13.8 Å². The van der Waals surface area contributed by atoms with Crippen molar-refractivity contribution < 1.29 is 14.5 Å². The standard InChI is InChI=1S/C16H27FO2/c1-4-15(2,17)14(19-18)16(3)12-6-10-5-11(8-12)9-13(16)7-10/h10-14,18H,4-9H2,1-3H3. The summed E-state index contributed by atoms with van der Waals surface area (Å²) in [5.74, 6) is 2.76. The number of hydrogen-bond acceptors (Lipinski definition) is 2. The number of rotatable bonds is 4. The summed E-state index contributed by atoms with van der Waals surface area (Å²) in [6.45, 7) is 5.60. The second-order valence-electron chi connectivity index (χ2n) is 7.79. The van der Waals surface area contributed by atoms with E-state index in [9.17, 15) is 9.65 Å². The molecule has 0 aromatic heterocycles. The summed E-state index contributed by atoms with van der Waals surface area (Å²) in [6, 6.07) is 0. The van der Waals surface area contributed by atoms with Crippen molar-refractivity contribution in [2.75, 3.05) is 0 Å². The van der Waals surface area contributed by atoms with Crippen LogP contribution in [0.5, 0.6) is 0 Å². The minimum Gasteiger partial charge on any atom is -0.251 e. The SMILES string of the molecule is CCC(C)(F)C(OO)C1(C)C2CC3CC(C2)CC1C3. The minimum absolute atomic E-state index is 0.193. The zero-order valence-corrected chi connectivity index (χ0v) is 12.4. The lowest BCUT2D eigenvalue weighted by molar-refractivity contribution is -0.352. The predicted molar refractivity (Wildman–Crippen MR) is 72.5 cm³/mol. The molecule has 4 bridgehead atoms. The van der Waals surface area contributed by atoms with Gasteiger partial charge in [-0.05, 0) is 69.1 Å². The van der Waals surface area contributed by atoms with Crippen LogP contribution in [0.3, 0.4) is 0 Å². The molecule has 0 saturated heterocycles. The van der Waals surface area contributed by atoms with E-state index in [4.69, 9.17) is 4.89 Å². The second-order valence-corrected chi connectivity index (χ2v) is 7.79. The first-order valence-corrected chi connectivity index (χ1v) is 7.91. The van der Waals surface area contributed by atoms with E-state index in [0.29, 0.717) is 18.3 Å². The van der Waals surface area contributed by atoms with E-state index in [2.05, 4.69) is 6.92 Å². The normalized spacial score (nSPS) is 49.1. The Kier molecular flexibility index (Phi) is 3.22. The first-order chi connectivity index (χ1) is 8.91. The van der Waals surface area contributed by atoms with E-state index in [1.165, 1.54) is 32.1 Å².